The third-order valence-corrected chi connectivity index (χ3v) is 3.85. The lowest BCUT2D eigenvalue weighted by Gasteiger charge is -2.17. The van der Waals surface area contributed by atoms with Crippen LogP contribution in [0, 0.1) is 0 Å². The lowest BCUT2D eigenvalue weighted by Crippen LogP contribution is -2.10. The van der Waals surface area contributed by atoms with Crippen molar-refractivity contribution in [2.75, 3.05) is 0 Å². The monoisotopic (exact) mass is 356 g/mol. The van der Waals surface area contributed by atoms with Gasteiger partial charge in [0.15, 0.2) is 5.78 Å². The summed E-state index contributed by atoms with van der Waals surface area (Å²) in [6.07, 6.45) is 0.0612. The van der Waals surface area contributed by atoms with Crippen molar-refractivity contribution in [2.24, 2.45) is 0 Å². The lowest BCUT2D eigenvalue weighted by atomic mass is 9.91. The Morgan fingerprint density at radius 3 is 1.77 bits per heavy atom. The van der Waals surface area contributed by atoms with Crippen LogP contribution in [0.5, 0.6) is 17.2 Å². The summed E-state index contributed by atoms with van der Waals surface area (Å²) in [6, 6.07) is 10.3. The molecule has 2 aromatic rings. The molecular formula is C22H28O4. The minimum atomic E-state index is -0.210. The molecule has 4 heteroatoms. The topological polar surface area (TPSA) is 55.8 Å². The summed E-state index contributed by atoms with van der Waals surface area (Å²) >= 11 is 0. The molecule has 0 heterocycles. The van der Waals surface area contributed by atoms with Gasteiger partial charge in [-0.2, -0.15) is 0 Å². The average molecular weight is 356 g/mol. The minimum absolute atomic E-state index is 0.00278. The van der Waals surface area contributed by atoms with Gasteiger partial charge in [-0.15, -0.1) is 0 Å². The third kappa shape index (κ3) is 4.78. The van der Waals surface area contributed by atoms with Gasteiger partial charge in [0.05, 0.1) is 17.8 Å². The highest BCUT2D eigenvalue weighted by molar-refractivity contribution is 6.11. The molecule has 0 fully saturated rings. The number of carbonyl (C=O) groups is 1. The first-order chi connectivity index (χ1) is 12.2. The first kappa shape index (κ1) is 19.8. The Hall–Kier alpha value is -2.49. The summed E-state index contributed by atoms with van der Waals surface area (Å²) in [5.74, 6) is 1.14. The van der Waals surface area contributed by atoms with E-state index >= 15 is 0 Å². The molecule has 0 saturated carbocycles. The van der Waals surface area contributed by atoms with Gasteiger partial charge in [0.1, 0.15) is 17.2 Å². The van der Waals surface area contributed by atoms with Crippen LogP contribution in [0.1, 0.15) is 68.9 Å². The number of ketones is 1. The van der Waals surface area contributed by atoms with Gasteiger partial charge in [-0.05, 0) is 69.5 Å². The molecule has 0 spiro atoms. The zero-order chi connectivity index (χ0) is 19.4. The van der Waals surface area contributed by atoms with E-state index < -0.39 is 0 Å². The Bertz CT molecular complexity index is 776. The molecule has 26 heavy (non-hydrogen) atoms. The van der Waals surface area contributed by atoms with Gasteiger partial charge in [-0.3, -0.25) is 4.79 Å². The fraction of sp³-hybridized carbons (Fsp3) is 0.409. The van der Waals surface area contributed by atoms with Gasteiger partial charge in [0.25, 0.3) is 0 Å². The van der Waals surface area contributed by atoms with Gasteiger partial charge in [0, 0.05) is 11.6 Å². The summed E-state index contributed by atoms with van der Waals surface area (Å²) in [4.78, 5) is 13.0. The summed E-state index contributed by atoms with van der Waals surface area (Å²) in [7, 11) is 0. The maximum absolute atomic E-state index is 13.0. The average Bonchev–Trinajstić information content (AvgIpc) is 2.53. The highest BCUT2D eigenvalue weighted by atomic mass is 16.5. The van der Waals surface area contributed by atoms with Crippen molar-refractivity contribution < 1.29 is 19.4 Å². The highest BCUT2D eigenvalue weighted by Crippen LogP contribution is 2.31. The van der Waals surface area contributed by atoms with E-state index in [4.69, 9.17) is 9.47 Å². The van der Waals surface area contributed by atoms with E-state index in [2.05, 4.69) is 0 Å². The lowest BCUT2D eigenvalue weighted by molar-refractivity contribution is 0.103. The fourth-order valence-corrected chi connectivity index (χ4v) is 2.76. The minimum Gasteiger partial charge on any atom is -0.507 e. The second-order valence-corrected chi connectivity index (χ2v) is 7.25. The van der Waals surface area contributed by atoms with Crippen molar-refractivity contribution in [3.8, 4) is 17.2 Å². The van der Waals surface area contributed by atoms with E-state index in [1.165, 1.54) is 6.07 Å². The van der Waals surface area contributed by atoms with Crippen LogP contribution in [0.4, 0.5) is 0 Å². The smallest absolute Gasteiger partial charge is 0.197 e. The van der Waals surface area contributed by atoms with Crippen LogP contribution in [-0.2, 0) is 0 Å². The maximum atomic E-state index is 13.0. The number of phenolic OH excluding ortho intramolecular Hbond substituents is 1. The predicted octanol–water partition coefficient (Wildman–Crippen LogP) is 5.32. The number of aromatic hydroxyl groups is 1. The van der Waals surface area contributed by atoms with Gasteiger partial charge in [0.2, 0.25) is 0 Å². The molecule has 0 aliphatic carbocycles. The van der Waals surface area contributed by atoms with Crippen LogP contribution in [0.2, 0.25) is 0 Å². The number of benzene rings is 2. The Labute approximate surface area is 155 Å². The Kier molecular flexibility index (Phi) is 6.30. The summed E-state index contributed by atoms with van der Waals surface area (Å²) in [5.41, 5.74) is 1.74. The Morgan fingerprint density at radius 2 is 1.31 bits per heavy atom. The van der Waals surface area contributed by atoms with E-state index in [0.29, 0.717) is 11.3 Å². The van der Waals surface area contributed by atoms with Crippen LogP contribution in [0.3, 0.4) is 0 Å². The zero-order valence-electron chi connectivity index (χ0n) is 16.4. The molecule has 4 nitrogen and oxygen atoms in total. The second-order valence-electron chi connectivity index (χ2n) is 7.25. The molecule has 0 aliphatic rings. The molecule has 0 aromatic heterocycles. The van der Waals surface area contributed by atoms with Crippen molar-refractivity contribution in [3.05, 3.63) is 53.1 Å². The Morgan fingerprint density at radius 1 is 0.808 bits per heavy atom. The van der Waals surface area contributed by atoms with Gasteiger partial charge in [-0.1, -0.05) is 13.8 Å². The number of phenols is 1. The molecule has 1 N–H and O–H groups in total. The van der Waals surface area contributed by atoms with E-state index in [-0.39, 0.29) is 35.2 Å². The van der Waals surface area contributed by atoms with Crippen LogP contribution in [0.25, 0.3) is 0 Å². The normalized spacial score (nSPS) is 11.3. The first-order valence-electron chi connectivity index (χ1n) is 9.04. The van der Waals surface area contributed by atoms with Crippen molar-refractivity contribution in [1.82, 2.24) is 0 Å². The molecule has 2 aromatic carbocycles. The number of ether oxygens (including phenoxy) is 2. The van der Waals surface area contributed by atoms with E-state index in [1.807, 2.05) is 47.6 Å². The number of rotatable bonds is 7. The molecular weight excluding hydrogens is 328 g/mol. The molecule has 0 unspecified atom stereocenters. The quantitative estimate of drug-likeness (QED) is 0.682. The van der Waals surface area contributed by atoms with Crippen LogP contribution >= 0.6 is 0 Å². The molecule has 0 bridgehead atoms. The summed E-state index contributed by atoms with van der Waals surface area (Å²) in [5, 5.41) is 10.3. The zero-order valence-corrected chi connectivity index (χ0v) is 16.4. The molecule has 0 radical (unpaired) electrons. The van der Waals surface area contributed by atoms with Gasteiger partial charge >= 0.3 is 0 Å². The van der Waals surface area contributed by atoms with Gasteiger partial charge < -0.3 is 14.6 Å². The molecule has 0 atom stereocenters. The van der Waals surface area contributed by atoms with Crippen LogP contribution in [-0.4, -0.2) is 23.1 Å². The largest absolute Gasteiger partial charge is 0.507 e. The van der Waals surface area contributed by atoms with Crippen molar-refractivity contribution in [2.45, 2.75) is 59.7 Å². The first-order valence-corrected chi connectivity index (χ1v) is 9.04. The molecule has 2 rings (SSSR count). The Balaban J connectivity index is 2.39. The van der Waals surface area contributed by atoms with Crippen LogP contribution < -0.4 is 9.47 Å². The number of hydrogen-bond acceptors (Lipinski definition) is 4. The number of hydrogen-bond donors (Lipinski definition) is 1. The van der Waals surface area contributed by atoms with Crippen molar-refractivity contribution in [3.63, 3.8) is 0 Å². The van der Waals surface area contributed by atoms with Crippen molar-refractivity contribution in [1.29, 1.82) is 0 Å². The second kappa shape index (κ2) is 8.26. The van der Waals surface area contributed by atoms with Crippen LogP contribution in [0.15, 0.2) is 36.4 Å². The van der Waals surface area contributed by atoms with E-state index in [9.17, 15) is 9.90 Å². The standard InChI is InChI=1S/C22H28O4/c1-13(2)20-11-16(25-14(3)4)7-9-18(20)22(24)19-10-8-17(12-21(19)23)26-15(5)6/h7-15,23H,1-6H3. The molecule has 0 amide bonds. The maximum Gasteiger partial charge on any atom is 0.197 e. The molecule has 140 valence electrons. The summed E-state index contributed by atoms with van der Waals surface area (Å²) < 4.78 is 11.3. The number of carbonyl (C=O) groups excluding carboxylic acids is 1. The predicted molar refractivity (Wildman–Crippen MR) is 104 cm³/mol. The molecule has 0 saturated heterocycles. The molecule has 0 aliphatic heterocycles. The van der Waals surface area contributed by atoms with Gasteiger partial charge in [-0.25, -0.2) is 0 Å². The summed E-state index contributed by atoms with van der Waals surface area (Å²) in [6.45, 7) is 11.8. The highest BCUT2D eigenvalue weighted by Gasteiger charge is 2.20. The van der Waals surface area contributed by atoms with E-state index in [1.54, 1.807) is 24.3 Å². The third-order valence-electron chi connectivity index (χ3n) is 3.85. The SMILES string of the molecule is CC(C)Oc1ccc(C(=O)c2ccc(OC(C)C)cc2C(C)C)c(O)c1. The fourth-order valence-electron chi connectivity index (χ4n) is 2.76. The van der Waals surface area contributed by atoms with Crippen molar-refractivity contribution >= 4 is 5.78 Å². The van der Waals surface area contributed by atoms with E-state index in [0.717, 1.165) is 11.3 Å².